The lowest BCUT2D eigenvalue weighted by Gasteiger charge is -2.33. The van der Waals surface area contributed by atoms with E-state index in [0.29, 0.717) is 19.8 Å². The van der Waals surface area contributed by atoms with Gasteiger partial charge in [0.25, 0.3) is 0 Å². The summed E-state index contributed by atoms with van der Waals surface area (Å²) in [5.74, 6) is -1.02. The highest BCUT2D eigenvalue weighted by atomic mass is 16.7. The molecule has 0 saturated carbocycles. The molecular formula is C33H45N5O5. The minimum Gasteiger partial charge on any atom is -0.353 e. The number of hydrazine groups is 1. The van der Waals surface area contributed by atoms with Crippen LogP contribution in [0.1, 0.15) is 44.9 Å². The normalized spacial score (nSPS) is 13.4. The molecule has 0 aliphatic carbocycles. The molecule has 0 heterocycles. The van der Waals surface area contributed by atoms with Gasteiger partial charge in [-0.2, -0.15) is 0 Å². The number of urea groups is 1. The summed E-state index contributed by atoms with van der Waals surface area (Å²) in [7, 11) is 1.58. The maximum Gasteiger partial charge on any atom is 0.329 e. The zero-order valence-corrected chi connectivity index (χ0v) is 25.8. The average Bonchev–Trinajstić information content (AvgIpc) is 2.99. The molecule has 4 N–H and O–H groups in total. The second kappa shape index (κ2) is 17.2. The molecule has 10 heteroatoms. The smallest absolute Gasteiger partial charge is 0.329 e. The molecule has 0 aliphatic rings. The number of hydrogen-bond acceptors (Lipinski definition) is 6. The molecule has 0 radical (unpaired) electrons. The van der Waals surface area contributed by atoms with Crippen molar-refractivity contribution in [2.24, 2.45) is 5.92 Å². The second-order valence-electron chi connectivity index (χ2n) is 10.3. The minimum atomic E-state index is -0.880. The fourth-order valence-electron chi connectivity index (χ4n) is 5.03. The number of carbonyl (C=O) groups is 3. The zero-order chi connectivity index (χ0) is 31.2. The maximum absolute atomic E-state index is 14.1. The second-order valence-corrected chi connectivity index (χ2v) is 10.3. The van der Waals surface area contributed by atoms with Crippen LogP contribution in [0, 0.1) is 5.92 Å². The van der Waals surface area contributed by atoms with E-state index in [1.165, 1.54) is 5.01 Å². The number of amides is 4. The van der Waals surface area contributed by atoms with Gasteiger partial charge in [-0.05, 0) is 42.7 Å². The highest BCUT2D eigenvalue weighted by Crippen LogP contribution is 2.32. The third-order valence-corrected chi connectivity index (χ3v) is 7.02. The number of hydrogen-bond donors (Lipinski definition) is 4. The largest absolute Gasteiger partial charge is 0.353 e. The molecular weight excluding hydrogens is 546 g/mol. The van der Waals surface area contributed by atoms with Crippen molar-refractivity contribution in [1.82, 2.24) is 26.4 Å². The van der Waals surface area contributed by atoms with Gasteiger partial charge in [-0.3, -0.25) is 15.0 Å². The molecule has 232 valence electrons. The monoisotopic (exact) mass is 591 g/mol. The van der Waals surface area contributed by atoms with E-state index in [9.17, 15) is 14.4 Å². The van der Waals surface area contributed by atoms with Crippen LogP contribution in [0.15, 0.2) is 72.8 Å². The Labute approximate surface area is 254 Å². The Morgan fingerprint density at radius 1 is 0.837 bits per heavy atom. The van der Waals surface area contributed by atoms with Gasteiger partial charge in [-0.1, -0.05) is 79.7 Å². The molecule has 10 nitrogen and oxygen atoms in total. The fraction of sp³-hybridized carbons (Fsp3) is 0.424. The maximum atomic E-state index is 14.1. The molecule has 4 amide bonds. The summed E-state index contributed by atoms with van der Waals surface area (Å²) in [4.78, 5) is 39.1. The first-order chi connectivity index (χ1) is 20.8. The van der Waals surface area contributed by atoms with Gasteiger partial charge in [0.15, 0.2) is 6.29 Å². The molecule has 43 heavy (non-hydrogen) atoms. The fourth-order valence-corrected chi connectivity index (χ4v) is 5.03. The molecule has 3 atom stereocenters. The first-order valence-electron chi connectivity index (χ1n) is 14.9. The van der Waals surface area contributed by atoms with E-state index in [1.807, 2.05) is 93.6 Å². The molecule has 0 saturated heterocycles. The van der Waals surface area contributed by atoms with Crippen molar-refractivity contribution < 1.29 is 23.9 Å². The number of rotatable bonds is 16. The van der Waals surface area contributed by atoms with E-state index in [2.05, 4.69) is 21.4 Å². The highest BCUT2D eigenvalue weighted by molar-refractivity contribution is 5.90. The Morgan fingerprint density at radius 2 is 1.49 bits per heavy atom. The van der Waals surface area contributed by atoms with E-state index in [0.717, 1.165) is 21.9 Å². The summed E-state index contributed by atoms with van der Waals surface area (Å²) >= 11 is 0. The van der Waals surface area contributed by atoms with Gasteiger partial charge in [-0.25, -0.2) is 9.80 Å². The van der Waals surface area contributed by atoms with Crippen LogP contribution in [-0.4, -0.2) is 68.5 Å². The Balaban J connectivity index is 1.92. The summed E-state index contributed by atoms with van der Waals surface area (Å²) in [5, 5.41) is 12.2. The number of nitrogens with zero attached hydrogens (tertiary/aromatic N) is 1. The number of nitrogens with one attached hydrogen (secondary N) is 4. The summed E-state index contributed by atoms with van der Waals surface area (Å²) in [6.45, 7) is 8.84. The van der Waals surface area contributed by atoms with Crippen molar-refractivity contribution in [2.45, 2.75) is 52.5 Å². The van der Waals surface area contributed by atoms with Crippen molar-refractivity contribution in [3.05, 3.63) is 83.9 Å². The summed E-state index contributed by atoms with van der Waals surface area (Å²) in [6.07, 6.45) is -0.279. The molecule has 1 unspecified atom stereocenters. The number of benzene rings is 3. The third kappa shape index (κ3) is 10.1. The lowest BCUT2D eigenvalue weighted by molar-refractivity contribution is -0.170. The van der Waals surface area contributed by atoms with Crippen LogP contribution in [-0.2, 0) is 25.5 Å². The van der Waals surface area contributed by atoms with E-state index < -0.39 is 30.3 Å². The summed E-state index contributed by atoms with van der Waals surface area (Å²) in [6, 6.07) is 21.8. The van der Waals surface area contributed by atoms with Crippen LogP contribution >= 0.6 is 0 Å². The molecule has 3 aromatic rings. The van der Waals surface area contributed by atoms with Crippen molar-refractivity contribution in [3.8, 4) is 0 Å². The highest BCUT2D eigenvalue weighted by Gasteiger charge is 2.33. The zero-order valence-electron chi connectivity index (χ0n) is 25.8. The Morgan fingerprint density at radius 3 is 2.16 bits per heavy atom. The van der Waals surface area contributed by atoms with Crippen LogP contribution < -0.4 is 21.4 Å². The van der Waals surface area contributed by atoms with Crippen molar-refractivity contribution in [1.29, 1.82) is 0 Å². The van der Waals surface area contributed by atoms with E-state index in [-0.39, 0.29) is 24.8 Å². The van der Waals surface area contributed by atoms with Crippen molar-refractivity contribution in [2.75, 3.05) is 33.4 Å². The number of ether oxygens (including phenoxy) is 2. The average molecular weight is 592 g/mol. The number of likely N-dealkylation sites (N-methyl/N-ethyl adjacent to an activating group) is 1. The standard InChI is InChI=1S/C33H45N5O5/c1-6-34-33(41)37-38(5)22-29(39)35-28(21-24-15-10-9-11-16-24)31(40)36-30(23(4)32(42-7-2)43-8-3)27-20-14-18-25-17-12-13-19-26(25)27/h9-20,23,28,30,32H,6-8,21-22H2,1-5H3,(H,35,39)(H,36,40)(H2,34,37,41)/t23-,28?,30-/m0/s1. The first-order valence-corrected chi connectivity index (χ1v) is 14.9. The predicted octanol–water partition coefficient (Wildman–Crippen LogP) is 3.93. The predicted molar refractivity (Wildman–Crippen MR) is 168 cm³/mol. The molecule has 0 aromatic heterocycles. The van der Waals surface area contributed by atoms with Gasteiger partial charge >= 0.3 is 6.03 Å². The van der Waals surface area contributed by atoms with Crippen molar-refractivity contribution >= 4 is 28.6 Å². The van der Waals surface area contributed by atoms with E-state index in [1.54, 1.807) is 14.0 Å². The van der Waals surface area contributed by atoms with E-state index in [4.69, 9.17) is 9.47 Å². The molecule has 0 bridgehead atoms. The first kappa shape index (κ1) is 33.5. The van der Waals surface area contributed by atoms with Crippen LogP contribution in [0.5, 0.6) is 0 Å². The molecule has 3 rings (SSSR count). The molecule has 3 aromatic carbocycles. The van der Waals surface area contributed by atoms with Crippen molar-refractivity contribution in [3.63, 3.8) is 0 Å². The lowest BCUT2D eigenvalue weighted by atomic mass is 9.89. The van der Waals surface area contributed by atoms with Crippen LogP contribution in [0.25, 0.3) is 10.8 Å². The lowest BCUT2D eigenvalue weighted by Crippen LogP contribution is -2.54. The molecule has 0 spiro atoms. The Hall–Kier alpha value is -3.99. The summed E-state index contributed by atoms with van der Waals surface area (Å²) < 4.78 is 11.9. The van der Waals surface area contributed by atoms with E-state index >= 15 is 0 Å². The number of carbonyl (C=O) groups excluding carboxylic acids is 3. The van der Waals surface area contributed by atoms with Crippen LogP contribution in [0.2, 0.25) is 0 Å². The van der Waals surface area contributed by atoms with Gasteiger partial charge in [0, 0.05) is 39.1 Å². The topological polar surface area (TPSA) is 121 Å². The Kier molecular flexibility index (Phi) is 13.4. The van der Waals surface area contributed by atoms with Gasteiger partial charge in [0.1, 0.15) is 6.04 Å². The van der Waals surface area contributed by atoms with Gasteiger partial charge in [-0.15, -0.1) is 0 Å². The SMILES string of the molecule is CCNC(=O)NN(C)CC(=O)NC(Cc1ccccc1)C(=O)N[C@H](c1cccc2ccccc12)[C@H](C)C(OCC)OCC. The van der Waals surface area contributed by atoms with Gasteiger partial charge < -0.3 is 25.4 Å². The van der Waals surface area contributed by atoms with Gasteiger partial charge in [0.05, 0.1) is 12.6 Å². The van der Waals surface area contributed by atoms with Crippen LogP contribution in [0.3, 0.4) is 0 Å². The summed E-state index contributed by atoms with van der Waals surface area (Å²) in [5.41, 5.74) is 4.41. The third-order valence-electron chi connectivity index (χ3n) is 7.02. The quantitative estimate of drug-likeness (QED) is 0.148. The Bertz CT molecular complexity index is 1310. The van der Waals surface area contributed by atoms with Gasteiger partial charge in [0.2, 0.25) is 11.8 Å². The van der Waals surface area contributed by atoms with Crippen LogP contribution in [0.4, 0.5) is 4.79 Å². The number of fused-ring (bicyclic) bond motifs is 1. The molecule has 0 fully saturated rings. The molecule has 0 aliphatic heterocycles. The minimum absolute atomic E-state index is 0.143.